The quantitative estimate of drug-likeness (QED) is 0.596. The lowest BCUT2D eigenvalue weighted by Crippen LogP contribution is -2.40. The molecule has 142 valence electrons. The minimum absolute atomic E-state index is 0.0345. The summed E-state index contributed by atoms with van der Waals surface area (Å²) in [5, 5.41) is 1.76. The first-order chi connectivity index (χ1) is 12.9. The fourth-order valence-corrected chi connectivity index (χ4v) is 3.45. The van der Waals surface area contributed by atoms with Crippen LogP contribution in [-0.4, -0.2) is 47.3 Å². The van der Waals surface area contributed by atoms with Crippen molar-refractivity contribution < 1.29 is 28.7 Å². The van der Waals surface area contributed by atoms with Crippen LogP contribution in [0.25, 0.3) is 0 Å². The number of carbonyl (C=O) groups excluding carboxylic acids is 5. The van der Waals surface area contributed by atoms with Crippen LogP contribution in [0.15, 0.2) is 18.2 Å². The summed E-state index contributed by atoms with van der Waals surface area (Å²) in [5.41, 5.74) is 5.24. The van der Waals surface area contributed by atoms with Gasteiger partial charge in [0.25, 0.3) is 17.7 Å². The molecule has 1 heterocycles. The van der Waals surface area contributed by atoms with Gasteiger partial charge < -0.3 is 10.5 Å². The maximum absolute atomic E-state index is 12.7. The molecule has 1 aromatic rings. The van der Waals surface area contributed by atoms with Gasteiger partial charge in [0.1, 0.15) is 0 Å². The molecule has 1 fully saturated rings. The summed E-state index contributed by atoms with van der Waals surface area (Å²) in [5.74, 6) is -2.48. The van der Waals surface area contributed by atoms with E-state index in [1.165, 1.54) is 23.1 Å². The fourth-order valence-electron chi connectivity index (χ4n) is 3.45. The van der Waals surface area contributed by atoms with E-state index in [2.05, 4.69) is 0 Å². The zero-order valence-corrected chi connectivity index (χ0v) is 14.5. The highest BCUT2D eigenvalue weighted by molar-refractivity contribution is 6.22. The number of hydrogen-bond acceptors (Lipinski definition) is 6. The second-order valence-electron chi connectivity index (χ2n) is 6.52. The van der Waals surface area contributed by atoms with E-state index in [9.17, 15) is 24.0 Å². The van der Waals surface area contributed by atoms with Gasteiger partial charge in [-0.15, -0.1) is 0 Å². The second-order valence-corrected chi connectivity index (χ2v) is 6.52. The molecule has 0 spiro atoms. The Morgan fingerprint density at radius 3 is 2.41 bits per heavy atom. The first-order valence-corrected chi connectivity index (χ1v) is 8.67. The van der Waals surface area contributed by atoms with Crippen LogP contribution in [0.1, 0.15) is 63.2 Å². The van der Waals surface area contributed by atoms with Crippen molar-refractivity contribution in [2.24, 2.45) is 5.73 Å². The number of urea groups is 1. The number of rotatable bonds is 4. The van der Waals surface area contributed by atoms with Crippen molar-refractivity contribution in [3.05, 3.63) is 34.9 Å². The maximum Gasteiger partial charge on any atom is 0.338 e. The van der Waals surface area contributed by atoms with E-state index in [1.807, 2.05) is 0 Å². The molecule has 0 radical (unpaired) electrons. The topological polar surface area (TPSA) is 136 Å². The average Bonchev–Trinajstić information content (AvgIpc) is 2.90. The lowest BCUT2D eigenvalue weighted by Gasteiger charge is -2.29. The van der Waals surface area contributed by atoms with E-state index in [-0.39, 0.29) is 28.6 Å². The minimum atomic E-state index is -1.06. The standard InChI is InChI=1S/C18H19N3O6/c19-18(26)20-14(22)9-27-17(25)10-6-7-12-13(8-10)16(24)21(15(12)23)11-4-2-1-3-5-11/h6-8,11H,1-5,9H2,(H3,19,20,22,26). The maximum atomic E-state index is 12.7. The van der Waals surface area contributed by atoms with Crippen LogP contribution in [0.2, 0.25) is 0 Å². The molecule has 1 aliphatic heterocycles. The highest BCUT2D eigenvalue weighted by Crippen LogP contribution is 2.31. The molecule has 9 heteroatoms. The molecule has 1 saturated carbocycles. The summed E-state index contributed by atoms with van der Waals surface area (Å²) in [4.78, 5) is 60.5. The molecule has 1 aromatic carbocycles. The number of esters is 1. The van der Waals surface area contributed by atoms with Gasteiger partial charge in [-0.05, 0) is 31.0 Å². The van der Waals surface area contributed by atoms with E-state index in [1.54, 1.807) is 5.32 Å². The first-order valence-electron chi connectivity index (χ1n) is 8.67. The van der Waals surface area contributed by atoms with Crippen molar-refractivity contribution in [1.29, 1.82) is 0 Å². The van der Waals surface area contributed by atoms with Crippen molar-refractivity contribution in [3.8, 4) is 0 Å². The minimum Gasteiger partial charge on any atom is -0.452 e. The van der Waals surface area contributed by atoms with Gasteiger partial charge in [0.05, 0.1) is 16.7 Å². The van der Waals surface area contributed by atoms with Crippen LogP contribution < -0.4 is 11.1 Å². The van der Waals surface area contributed by atoms with Gasteiger partial charge in [0.15, 0.2) is 6.61 Å². The largest absolute Gasteiger partial charge is 0.452 e. The molecule has 0 atom stereocenters. The number of ether oxygens (including phenoxy) is 1. The number of nitrogens with two attached hydrogens (primary N) is 1. The molecule has 27 heavy (non-hydrogen) atoms. The normalized spacial score (nSPS) is 16.8. The van der Waals surface area contributed by atoms with Crippen LogP contribution in [0.5, 0.6) is 0 Å². The molecule has 3 N–H and O–H groups in total. The predicted octanol–water partition coefficient (Wildman–Crippen LogP) is 0.967. The van der Waals surface area contributed by atoms with E-state index >= 15 is 0 Å². The Morgan fingerprint density at radius 1 is 1.07 bits per heavy atom. The van der Waals surface area contributed by atoms with Crippen LogP contribution in [-0.2, 0) is 9.53 Å². The van der Waals surface area contributed by atoms with Crippen LogP contribution >= 0.6 is 0 Å². The van der Waals surface area contributed by atoms with Gasteiger partial charge >= 0.3 is 12.0 Å². The highest BCUT2D eigenvalue weighted by atomic mass is 16.5. The Bertz CT molecular complexity index is 828. The van der Waals surface area contributed by atoms with Gasteiger partial charge in [0, 0.05) is 6.04 Å². The van der Waals surface area contributed by atoms with Crippen LogP contribution in [0.3, 0.4) is 0 Å². The van der Waals surface area contributed by atoms with Gasteiger partial charge in [-0.25, -0.2) is 9.59 Å². The molecular formula is C18H19N3O6. The Labute approximate surface area is 154 Å². The van der Waals surface area contributed by atoms with E-state index < -0.39 is 30.4 Å². The summed E-state index contributed by atoms with van der Waals surface area (Å²) in [7, 11) is 0. The van der Waals surface area contributed by atoms with E-state index in [0.717, 1.165) is 32.1 Å². The van der Waals surface area contributed by atoms with Gasteiger partial charge in [-0.2, -0.15) is 0 Å². The summed E-state index contributed by atoms with van der Waals surface area (Å²) >= 11 is 0. The Morgan fingerprint density at radius 2 is 1.74 bits per heavy atom. The smallest absolute Gasteiger partial charge is 0.338 e. The van der Waals surface area contributed by atoms with Crippen molar-refractivity contribution >= 4 is 29.7 Å². The lowest BCUT2D eigenvalue weighted by atomic mass is 9.94. The third-order valence-corrected chi connectivity index (χ3v) is 4.69. The Kier molecular flexibility index (Phi) is 5.20. The lowest BCUT2D eigenvalue weighted by molar-refractivity contribution is -0.123. The number of amides is 5. The molecule has 0 unspecified atom stereocenters. The first kappa shape index (κ1) is 18.6. The molecule has 0 aromatic heterocycles. The van der Waals surface area contributed by atoms with Crippen molar-refractivity contribution in [1.82, 2.24) is 10.2 Å². The number of carbonyl (C=O) groups is 5. The van der Waals surface area contributed by atoms with Crippen molar-refractivity contribution in [2.75, 3.05) is 6.61 Å². The molecular weight excluding hydrogens is 354 g/mol. The SMILES string of the molecule is NC(=O)NC(=O)COC(=O)c1ccc2c(c1)C(=O)N(C1CCCCC1)C2=O. The van der Waals surface area contributed by atoms with Gasteiger partial charge in [-0.3, -0.25) is 24.6 Å². The zero-order valence-electron chi connectivity index (χ0n) is 14.5. The number of imide groups is 2. The van der Waals surface area contributed by atoms with Crippen molar-refractivity contribution in [2.45, 2.75) is 38.1 Å². The summed E-state index contributed by atoms with van der Waals surface area (Å²) in [6.07, 6.45) is 4.62. The Balaban J connectivity index is 1.72. The summed E-state index contributed by atoms with van der Waals surface area (Å²) < 4.78 is 4.79. The summed E-state index contributed by atoms with van der Waals surface area (Å²) in [6, 6.07) is 2.91. The molecule has 3 rings (SSSR count). The number of benzene rings is 1. The van der Waals surface area contributed by atoms with Crippen LogP contribution in [0.4, 0.5) is 4.79 Å². The summed E-state index contributed by atoms with van der Waals surface area (Å²) in [6.45, 7) is -0.695. The molecule has 9 nitrogen and oxygen atoms in total. The number of hydrogen-bond donors (Lipinski definition) is 2. The van der Waals surface area contributed by atoms with Gasteiger partial charge in [0.2, 0.25) is 0 Å². The number of primary amides is 1. The third-order valence-electron chi connectivity index (χ3n) is 4.69. The van der Waals surface area contributed by atoms with Gasteiger partial charge in [-0.1, -0.05) is 19.3 Å². The van der Waals surface area contributed by atoms with E-state index in [4.69, 9.17) is 10.5 Å². The van der Waals surface area contributed by atoms with Crippen molar-refractivity contribution in [3.63, 3.8) is 0 Å². The number of fused-ring (bicyclic) bond motifs is 1. The van der Waals surface area contributed by atoms with Crippen LogP contribution in [0, 0.1) is 0 Å². The average molecular weight is 373 g/mol. The molecule has 2 aliphatic rings. The molecule has 0 bridgehead atoms. The zero-order chi connectivity index (χ0) is 19.6. The third kappa shape index (κ3) is 3.81. The monoisotopic (exact) mass is 373 g/mol. The molecule has 0 saturated heterocycles. The molecule has 5 amide bonds. The fraction of sp³-hybridized carbons (Fsp3) is 0.389. The number of nitrogens with one attached hydrogen (secondary N) is 1. The number of nitrogens with zero attached hydrogens (tertiary/aromatic N) is 1. The second kappa shape index (κ2) is 7.56. The highest BCUT2D eigenvalue weighted by Gasteiger charge is 2.40. The Hall–Kier alpha value is -3.23. The van der Waals surface area contributed by atoms with E-state index in [0.29, 0.717) is 0 Å². The predicted molar refractivity (Wildman–Crippen MR) is 91.8 cm³/mol. The molecule has 1 aliphatic carbocycles.